The Bertz CT molecular complexity index is 880. The van der Waals surface area contributed by atoms with Crippen molar-refractivity contribution < 1.29 is 4.79 Å². The van der Waals surface area contributed by atoms with Crippen molar-refractivity contribution in [2.24, 2.45) is 0 Å². The minimum Gasteiger partial charge on any atom is -0.346 e. The summed E-state index contributed by atoms with van der Waals surface area (Å²) >= 11 is 0. The number of nitrogens with one attached hydrogen (secondary N) is 1. The molecule has 3 aromatic heterocycles. The van der Waals surface area contributed by atoms with Gasteiger partial charge in [-0.1, -0.05) is 0 Å². The fraction of sp³-hybridized carbons (Fsp3) is 0.471. The van der Waals surface area contributed by atoms with Crippen molar-refractivity contribution in [2.45, 2.75) is 18.9 Å². The van der Waals surface area contributed by atoms with Gasteiger partial charge in [0.05, 0.1) is 30.6 Å². The SMILES string of the molecule is CN(C)CC(=O)N1CCC[C@@H](n2cnc3cnc4[nH]ccc4c32)C1. The molecular weight excluding hydrogens is 304 g/mol. The van der Waals surface area contributed by atoms with E-state index in [2.05, 4.69) is 19.5 Å². The molecule has 7 nitrogen and oxygen atoms in total. The number of amides is 1. The van der Waals surface area contributed by atoms with E-state index in [4.69, 9.17) is 0 Å². The van der Waals surface area contributed by atoms with Crippen molar-refractivity contribution in [3.63, 3.8) is 0 Å². The summed E-state index contributed by atoms with van der Waals surface area (Å²) in [6.45, 7) is 2.05. The van der Waals surface area contributed by atoms with Crippen molar-refractivity contribution in [2.75, 3.05) is 33.7 Å². The highest BCUT2D eigenvalue weighted by Crippen LogP contribution is 2.29. The molecule has 1 N–H and O–H groups in total. The van der Waals surface area contributed by atoms with E-state index < -0.39 is 0 Å². The van der Waals surface area contributed by atoms with Gasteiger partial charge in [-0.25, -0.2) is 9.97 Å². The summed E-state index contributed by atoms with van der Waals surface area (Å²) in [6, 6.07) is 2.30. The highest BCUT2D eigenvalue weighted by Gasteiger charge is 2.26. The Hall–Kier alpha value is -2.41. The third-order valence-electron chi connectivity index (χ3n) is 4.71. The van der Waals surface area contributed by atoms with Crippen molar-refractivity contribution in [3.8, 4) is 0 Å². The van der Waals surface area contributed by atoms with E-state index in [0.717, 1.165) is 48.0 Å². The van der Waals surface area contributed by atoms with Crippen LogP contribution >= 0.6 is 0 Å². The maximum Gasteiger partial charge on any atom is 0.236 e. The summed E-state index contributed by atoms with van der Waals surface area (Å²) in [6.07, 6.45) is 7.68. The molecule has 4 heterocycles. The van der Waals surface area contributed by atoms with Crippen LogP contribution in [0.5, 0.6) is 0 Å². The van der Waals surface area contributed by atoms with Crippen LogP contribution in [-0.2, 0) is 4.79 Å². The number of rotatable bonds is 3. The van der Waals surface area contributed by atoms with Crippen molar-refractivity contribution in [1.82, 2.24) is 29.3 Å². The van der Waals surface area contributed by atoms with Crippen molar-refractivity contribution in [1.29, 1.82) is 0 Å². The smallest absolute Gasteiger partial charge is 0.236 e. The van der Waals surface area contributed by atoms with Crippen molar-refractivity contribution in [3.05, 3.63) is 24.8 Å². The number of likely N-dealkylation sites (N-methyl/N-ethyl adjacent to an activating group) is 1. The number of aromatic amines is 1. The number of hydrogen-bond donors (Lipinski definition) is 1. The van der Waals surface area contributed by atoms with Gasteiger partial charge in [0.25, 0.3) is 0 Å². The lowest BCUT2D eigenvalue weighted by molar-refractivity contribution is -0.133. The lowest BCUT2D eigenvalue weighted by Crippen LogP contribution is -2.44. The number of fused-ring (bicyclic) bond motifs is 3. The van der Waals surface area contributed by atoms with Crippen LogP contribution < -0.4 is 0 Å². The lowest BCUT2D eigenvalue weighted by Gasteiger charge is -2.34. The fourth-order valence-corrected chi connectivity index (χ4v) is 3.59. The molecule has 1 amide bonds. The first-order valence-corrected chi connectivity index (χ1v) is 8.34. The van der Waals surface area contributed by atoms with E-state index in [-0.39, 0.29) is 11.9 Å². The Kier molecular flexibility index (Phi) is 3.72. The van der Waals surface area contributed by atoms with Gasteiger partial charge in [0.15, 0.2) is 0 Å². The number of imidazole rings is 1. The second kappa shape index (κ2) is 5.90. The average molecular weight is 326 g/mol. The van der Waals surface area contributed by atoms with Gasteiger partial charge < -0.3 is 19.4 Å². The van der Waals surface area contributed by atoms with Crippen LogP contribution in [0.3, 0.4) is 0 Å². The van der Waals surface area contributed by atoms with Gasteiger partial charge in [-0.05, 0) is 33.0 Å². The predicted octanol–water partition coefficient (Wildman–Crippen LogP) is 1.64. The minimum atomic E-state index is 0.197. The van der Waals surface area contributed by atoms with Gasteiger partial charge in [0.2, 0.25) is 5.91 Å². The molecule has 24 heavy (non-hydrogen) atoms. The third-order valence-corrected chi connectivity index (χ3v) is 4.71. The third kappa shape index (κ3) is 2.54. The Labute approximate surface area is 140 Å². The van der Waals surface area contributed by atoms with E-state index in [0.29, 0.717) is 6.54 Å². The molecule has 0 aromatic carbocycles. The summed E-state index contributed by atoms with van der Waals surface area (Å²) in [5.74, 6) is 0.197. The standard InChI is InChI=1S/C17H22N6O/c1-21(2)10-15(24)22-7-3-4-12(9-22)23-11-20-14-8-19-17-13(16(14)23)5-6-18-17/h5-6,8,11-12H,3-4,7,9-10H2,1-2H3,(H,18,19)/t12-/m1/s1. The fourth-order valence-electron chi connectivity index (χ4n) is 3.59. The first kappa shape index (κ1) is 15.1. The number of likely N-dealkylation sites (tertiary alicyclic amines) is 1. The number of carbonyl (C=O) groups excluding carboxylic acids is 1. The number of H-pyrrole nitrogens is 1. The molecule has 0 radical (unpaired) electrons. The molecule has 3 aromatic rings. The topological polar surface area (TPSA) is 70.1 Å². The largest absolute Gasteiger partial charge is 0.346 e. The summed E-state index contributed by atoms with van der Waals surface area (Å²) in [5.41, 5.74) is 2.88. The molecule has 1 atom stereocenters. The highest BCUT2D eigenvalue weighted by atomic mass is 16.2. The monoisotopic (exact) mass is 326 g/mol. The van der Waals surface area contributed by atoms with Gasteiger partial charge in [-0.15, -0.1) is 0 Å². The molecule has 0 spiro atoms. The molecule has 0 aliphatic carbocycles. The van der Waals surface area contributed by atoms with Crippen LogP contribution in [0, 0.1) is 0 Å². The zero-order valence-electron chi connectivity index (χ0n) is 14.1. The first-order chi connectivity index (χ1) is 11.6. The van der Waals surface area contributed by atoms with Gasteiger partial charge in [-0.3, -0.25) is 4.79 Å². The number of nitrogens with zero attached hydrogens (tertiary/aromatic N) is 5. The molecule has 4 rings (SSSR count). The molecule has 0 saturated carbocycles. The summed E-state index contributed by atoms with van der Waals surface area (Å²) < 4.78 is 2.22. The molecule has 7 heteroatoms. The zero-order chi connectivity index (χ0) is 16.7. The first-order valence-electron chi connectivity index (χ1n) is 8.34. The van der Waals surface area contributed by atoms with Gasteiger partial charge >= 0.3 is 0 Å². The Morgan fingerprint density at radius 3 is 3.12 bits per heavy atom. The number of carbonyl (C=O) groups is 1. The van der Waals surface area contributed by atoms with Crippen LogP contribution in [0.15, 0.2) is 24.8 Å². The van der Waals surface area contributed by atoms with E-state index in [1.165, 1.54) is 0 Å². The second-order valence-corrected chi connectivity index (χ2v) is 6.76. The highest BCUT2D eigenvalue weighted by molar-refractivity contribution is 6.01. The quantitative estimate of drug-likeness (QED) is 0.794. The number of pyridine rings is 1. The average Bonchev–Trinajstić information content (AvgIpc) is 3.20. The van der Waals surface area contributed by atoms with Crippen LogP contribution in [-0.4, -0.2) is 69.0 Å². The Balaban J connectivity index is 1.67. The molecule has 0 unspecified atom stereocenters. The molecular formula is C17H22N6O. The van der Waals surface area contributed by atoms with Gasteiger partial charge in [0.1, 0.15) is 11.2 Å². The lowest BCUT2D eigenvalue weighted by atomic mass is 10.0. The van der Waals surface area contributed by atoms with Gasteiger partial charge in [-0.2, -0.15) is 0 Å². The predicted molar refractivity (Wildman–Crippen MR) is 92.8 cm³/mol. The Morgan fingerprint density at radius 1 is 1.42 bits per heavy atom. The van der Waals surface area contributed by atoms with E-state index in [1.807, 2.05) is 48.7 Å². The van der Waals surface area contributed by atoms with E-state index in [1.54, 1.807) is 0 Å². The molecule has 0 bridgehead atoms. The maximum atomic E-state index is 12.4. The second-order valence-electron chi connectivity index (χ2n) is 6.76. The molecule has 126 valence electrons. The maximum absolute atomic E-state index is 12.4. The van der Waals surface area contributed by atoms with Crippen LogP contribution in [0.1, 0.15) is 18.9 Å². The van der Waals surface area contributed by atoms with Crippen LogP contribution in [0.25, 0.3) is 22.1 Å². The van der Waals surface area contributed by atoms with E-state index >= 15 is 0 Å². The Morgan fingerprint density at radius 2 is 2.29 bits per heavy atom. The molecule has 1 aliphatic heterocycles. The normalized spacial score (nSPS) is 18.8. The summed E-state index contributed by atoms with van der Waals surface area (Å²) in [7, 11) is 3.86. The molecule has 1 saturated heterocycles. The number of hydrogen-bond acceptors (Lipinski definition) is 4. The number of aromatic nitrogens is 4. The zero-order valence-corrected chi connectivity index (χ0v) is 14.1. The van der Waals surface area contributed by atoms with Crippen molar-refractivity contribution >= 4 is 28.0 Å². The minimum absolute atomic E-state index is 0.197. The van der Waals surface area contributed by atoms with Crippen LogP contribution in [0.2, 0.25) is 0 Å². The van der Waals surface area contributed by atoms with Gasteiger partial charge in [0, 0.05) is 24.7 Å². The molecule has 1 fully saturated rings. The summed E-state index contributed by atoms with van der Waals surface area (Å²) in [4.78, 5) is 28.4. The summed E-state index contributed by atoms with van der Waals surface area (Å²) in [5, 5.41) is 1.08. The number of piperidine rings is 1. The van der Waals surface area contributed by atoms with Crippen LogP contribution in [0.4, 0.5) is 0 Å². The molecule has 1 aliphatic rings. The van der Waals surface area contributed by atoms with E-state index in [9.17, 15) is 4.79 Å².